The molecule has 2 aromatic heterocycles. The lowest BCUT2D eigenvalue weighted by Crippen LogP contribution is -1.97. The maximum absolute atomic E-state index is 4.00. The minimum absolute atomic E-state index is 0.589. The molecule has 36 heavy (non-hydrogen) atoms. The Kier molecular flexibility index (Phi) is 9.40. The quantitative estimate of drug-likeness (QED) is 0.263. The molecule has 0 fully saturated rings. The van der Waals surface area contributed by atoms with E-state index < -0.39 is 0 Å². The van der Waals surface area contributed by atoms with Gasteiger partial charge in [-0.1, -0.05) is 108 Å². The van der Waals surface area contributed by atoms with E-state index >= 15 is 0 Å². The predicted octanol–water partition coefficient (Wildman–Crippen LogP) is 5.40. The maximum Gasteiger partial charge on any atom is 0.230 e. The van der Waals surface area contributed by atoms with Crippen molar-refractivity contribution < 1.29 is 0 Å². The van der Waals surface area contributed by atoms with E-state index in [1.165, 1.54) is 57.7 Å². The van der Waals surface area contributed by atoms with Gasteiger partial charge in [0.1, 0.15) is 0 Å². The van der Waals surface area contributed by atoms with Crippen molar-refractivity contribution >= 4 is 23.5 Å². The van der Waals surface area contributed by atoms with Crippen LogP contribution in [0.5, 0.6) is 0 Å². The highest BCUT2D eigenvalue weighted by atomic mass is 32.2. The van der Waals surface area contributed by atoms with Crippen LogP contribution in [-0.2, 0) is 11.5 Å². The number of rotatable bonds is 7. The summed E-state index contributed by atoms with van der Waals surface area (Å²) in [6, 6.07) is 27.3. The topological polar surface area (TPSA) is 103 Å². The Bertz CT molecular complexity index is 1320. The molecular weight excluding hydrogens is 488 g/mol. The fourth-order valence-corrected chi connectivity index (χ4v) is 4.37. The maximum atomic E-state index is 4.00. The molecule has 0 amide bonds. The molecular formula is C26H24N8S2. The fourth-order valence-electron chi connectivity index (χ4n) is 2.98. The van der Waals surface area contributed by atoms with Crippen LogP contribution in [-0.4, -0.2) is 40.8 Å². The third-order valence-corrected chi connectivity index (χ3v) is 6.67. The molecule has 0 aliphatic carbocycles. The van der Waals surface area contributed by atoms with Gasteiger partial charge >= 0.3 is 0 Å². The molecule has 8 nitrogen and oxygen atoms in total. The van der Waals surface area contributed by atoms with Gasteiger partial charge in [-0.25, -0.2) is 0 Å². The Morgan fingerprint density at radius 1 is 0.528 bits per heavy atom. The summed E-state index contributed by atoms with van der Waals surface area (Å²) >= 11 is 3.07. The van der Waals surface area contributed by atoms with E-state index in [-0.39, 0.29) is 0 Å². The van der Waals surface area contributed by atoms with Gasteiger partial charge in [-0.15, -0.1) is 40.8 Å². The Labute approximate surface area is 218 Å². The molecule has 0 spiro atoms. The number of benzene rings is 3. The molecule has 5 rings (SSSR count). The third-order valence-electron chi connectivity index (χ3n) is 4.87. The number of hydrogen-bond acceptors (Lipinski definition) is 10. The van der Waals surface area contributed by atoms with Crippen molar-refractivity contribution in [1.82, 2.24) is 40.8 Å². The molecule has 0 aliphatic heterocycles. The molecule has 0 atom stereocenters. The minimum atomic E-state index is 0.589. The van der Waals surface area contributed by atoms with E-state index in [1.54, 1.807) is 6.92 Å². The van der Waals surface area contributed by atoms with E-state index in [0.717, 1.165) is 11.5 Å². The van der Waals surface area contributed by atoms with Crippen LogP contribution in [0.2, 0.25) is 0 Å². The van der Waals surface area contributed by atoms with Gasteiger partial charge in [0, 0.05) is 11.5 Å². The van der Waals surface area contributed by atoms with E-state index in [0.29, 0.717) is 16.1 Å². The van der Waals surface area contributed by atoms with Gasteiger partial charge < -0.3 is 0 Å². The van der Waals surface area contributed by atoms with Gasteiger partial charge in [0.25, 0.3) is 0 Å². The Balaban J connectivity index is 0.000000179. The second-order valence-corrected chi connectivity index (χ2v) is 9.57. The van der Waals surface area contributed by atoms with Crippen LogP contribution in [0.1, 0.15) is 22.5 Å². The summed E-state index contributed by atoms with van der Waals surface area (Å²) < 4.78 is 0. The average molecular weight is 513 g/mol. The lowest BCUT2D eigenvalue weighted by atomic mass is 10.0. The average Bonchev–Trinajstić information content (AvgIpc) is 2.94. The van der Waals surface area contributed by atoms with Crippen molar-refractivity contribution in [3.63, 3.8) is 0 Å². The highest BCUT2D eigenvalue weighted by molar-refractivity contribution is 7.98. The van der Waals surface area contributed by atoms with Crippen LogP contribution in [0.4, 0.5) is 0 Å². The first kappa shape index (κ1) is 25.3. The third kappa shape index (κ3) is 8.17. The monoisotopic (exact) mass is 512 g/mol. The van der Waals surface area contributed by atoms with Crippen molar-refractivity contribution in [2.24, 2.45) is 0 Å². The fraction of sp³-hybridized carbons (Fsp3) is 0.154. The van der Waals surface area contributed by atoms with Gasteiger partial charge in [-0.05, 0) is 36.1 Å². The minimum Gasteiger partial charge on any atom is -0.134 e. The molecule has 0 radical (unpaired) electrons. The van der Waals surface area contributed by atoms with E-state index in [9.17, 15) is 0 Å². The predicted molar refractivity (Wildman–Crippen MR) is 142 cm³/mol. The zero-order valence-corrected chi connectivity index (χ0v) is 21.5. The van der Waals surface area contributed by atoms with Crippen LogP contribution >= 0.6 is 23.5 Å². The summed E-state index contributed by atoms with van der Waals surface area (Å²) in [5.74, 6) is 2.24. The van der Waals surface area contributed by atoms with E-state index in [1.807, 2.05) is 18.2 Å². The number of aryl methyl sites for hydroxylation is 2. The van der Waals surface area contributed by atoms with Gasteiger partial charge in [-0.2, -0.15) is 0 Å². The second-order valence-electron chi connectivity index (χ2n) is 7.68. The van der Waals surface area contributed by atoms with Gasteiger partial charge in [0.05, 0.1) is 0 Å². The van der Waals surface area contributed by atoms with E-state index in [2.05, 4.69) is 108 Å². The first-order valence-corrected chi connectivity index (χ1v) is 13.1. The molecule has 0 saturated carbocycles. The lowest BCUT2D eigenvalue weighted by molar-refractivity contribution is 0.713. The molecule has 0 unspecified atom stereocenters. The summed E-state index contributed by atoms with van der Waals surface area (Å²) in [5.41, 5.74) is 6.19. The summed E-state index contributed by atoms with van der Waals surface area (Å²) in [6.45, 7) is 3.85. The SMILES string of the molecule is Cc1ccc(CSc2nncnn2)cc1.Cc1nnc(SCc2ccc(-c3ccccc3)cc2)nn1. The van der Waals surface area contributed by atoms with E-state index in [4.69, 9.17) is 0 Å². The molecule has 2 heterocycles. The summed E-state index contributed by atoms with van der Waals surface area (Å²) in [6.07, 6.45) is 1.33. The van der Waals surface area contributed by atoms with Gasteiger partial charge in [-0.3, -0.25) is 0 Å². The molecule has 10 heteroatoms. The first-order chi connectivity index (χ1) is 17.7. The molecule has 0 bridgehead atoms. The summed E-state index contributed by atoms with van der Waals surface area (Å²) in [4.78, 5) is 0. The van der Waals surface area contributed by atoms with Crippen LogP contribution in [0.15, 0.2) is 95.5 Å². The molecule has 5 aromatic rings. The van der Waals surface area contributed by atoms with Crippen LogP contribution in [0.25, 0.3) is 11.1 Å². The zero-order valence-electron chi connectivity index (χ0n) is 19.9. The number of thioether (sulfide) groups is 2. The molecule has 180 valence electrons. The second kappa shape index (κ2) is 13.4. The van der Waals surface area contributed by atoms with Crippen molar-refractivity contribution in [3.8, 4) is 11.1 Å². The molecule has 0 aliphatic rings. The van der Waals surface area contributed by atoms with Crippen LogP contribution in [0, 0.1) is 13.8 Å². The van der Waals surface area contributed by atoms with Crippen LogP contribution < -0.4 is 0 Å². The summed E-state index contributed by atoms with van der Waals surface area (Å²) in [7, 11) is 0. The smallest absolute Gasteiger partial charge is 0.134 e. The normalized spacial score (nSPS) is 10.4. The number of aromatic nitrogens is 8. The molecule has 0 saturated heterocycles. The first-order valence-electron chi connectivity index (χ1n) is 11.2. The Morgan fingerprint density at radius 2 is 1.03 bits per heavy atom. The van der Waals surface area contributed by atoms with Gasteiger partial charge in [0.2, 0.25) is 10.3 Å². The number of nitrogens with zero attached hydrogens (tertiary/aromatic N) is 8. The van der Waals surface area contributed by atoms with Crippen molar-refractivity contribution in [3.05, 3.63) is 108 Å². The Hall–Kier alpha value is -3.76. The van der Waals surface area contributed by atoms with Crippen LogP contribution in [0.3, 0.4) is 0 Å². The van der Waals surface area contributed by atoms with Crippen molar-refractivity contribution in [1.29, 1.82) is 0 Å². The molecule has 3 aromatic carbocycles. The highest BCUT2D eigenvalue weighted by Crippen LogP contribution is 2.23. The lowest BCUT2D eigenvalue weighted by Gasteiger charge is -2.04. The van der Waals surface area contributed by atoms with Gasteiger partial charge in [0.15, 0.2) is 12.2 Å². The molecule has 0 N–H and O–H groups in total. The Morgan fingerprint density at radius 3 is 1.61 bits per heavy atom. The van der Waals surface area contributed by atoms with Crippen molar-refractivity contribution in [2.45, 2.75) is 35.7 Å². The summed E-state index contributed by atoms with van der Waals surface area (Å²) in [5, 5.41) is 32.0. The largest absolute Gasteiger partial charge is 0.230 e. The van der Waals surface area contributed by atoms with Crippen molar-refractivity contribution in [2.75, 3.05) is 0 Å². The highest BCUT2D eigenvalue weighted by Gasteiger charge is 2.02. The standard InChI is InChI=1S/C16H14N4S.C10H10N4S/c1-12-17-19-16(20-18-12)21-11-13-7-9-15(10-8-13)14-5-3-2-4-6-14;1-8-2-4-9(5-3-8)6-15-10-13-11-7-12-14-10/h2-10H,11H2,1H3;2-5,7H,6H2,1H3. The zero-order chi connectivity index (χ0) is 25.0. The number of hydrogen-bond donors (Lipinski definition) is 0.